The molecule has 0 saturated carbocycles. The number of rotatable bonds is 4. The van der Waals surface area contributed by atoms with E-state index in [2.05, 4.69) is 10.5 Å². The third-order valence-corrected chi connectivity index (χ3v) is 5.47. The Balaban J connectivity index is 1.42. The van der Waals surface area contributed by atoms with Crippen LogP contribution in [0.2, 0.25) is 0 Å². The van der Waals surface area contributed by atoms with Gasteiger partial charge in [-0.2, -0.15) is 0 Å². The van der Waals surface area contributed by atoms with E-state index >= 15 is 0 Å². The van der Waals surface area contributed by atoms with E-state index in [1.54, 1.807) is 24.3 Å². The number of hydrogen-bond acceptors (Lipinski definition) is 9. The minimum Gasteiger partial charge on any atom is -0.493 e. The Morgan fingerprint density at radius 1 is 1.30 bits per heavy atom. The highest BCUT2D eigenvalue weighted by Crippen LogP contribution is 2.44. The Hall–Kier alpha value is -3.37. The van der Waals surface area contributed by atoms with Gasteiger partial charge in [0.2, 0.25) is 5.75 Å². The lowest BCUT2D eigenvalue weighted by Gasteiger charge is -2.36. The van der Waals surface area contributed by atoms with Gasteiger partial charge < -0.3 is 33.9 Å². The Kier molecular flexibility index (Phi) is 4.09. The van der Waals surface area contributed by atoms with Crippen LogP contribution >= 0.6 is 0 Å². The molecule has 0 unspecified atom stereocenters. The second-order valence-electron chi connectivity index (χ2n) is 7.26. The van der Waals surface area contributed by atoms with Gasteiger partial charge >= 0.3 is 5.63 Å². The van der Waals surface area contributed by atoms with Crippen LogP contribution in [0.5, 0.6) is 11.5 Å². The molecule has 1 aromatic carbocycles. The minimum absolute atomic E-state index is 0.0508. The molecule has 3 heterocycles. The smallest absolute Gasteiger partial charge is 0.360 e. The first-order valence-corrected chi connectivity index (χ1v) is 9.23. The second kappa shape index (κ2) is 6.57. The molecule has 2 aliphatic heterocycles. The van der Waals surface area contributed by atoms with Gasteiger partial charge in [0, 0.05) is 11.8 Å². The van der Waals surface area contributed by atoms with Crippen LogP contribution in [0.15, 0.2) is 44.7 Å². The number of amides is 1. The predicted octanol–water partition coefficient (Wildman–Crippen LogP) is 0.962. The highest BCUT2D eigenvalue weighted by Gasteiger charge is 2.62. The number of fused-ring (bicyclic) bond motifs is 4. The number of carbonyl (C=O) groups is 1. The molecule has 0 spiro atoms. The second-order valence-corrected chi connectivity index (χ2v) is 7.26. The summed E-state index contributed by atoms with van der Waals surface area (Å²) in [6.07, 6.45) is 2.08. The molecule has 0 radical (unpaired) electrons. The highest BCUT2D eigenvalue weighted by molar-refractivity contribution is 6.43. The van der Waals surface area contributed by atoms with Crippen molar-refractivity contribution in [1.82, 2.24) is 0 Å². The van der Waals surface area contributed by atoms with Gasteiger partial charge in [0.15, 0.2) is 17.4 Å². The van der Waals surface area contributed by atoms with Crippen LogP contribution in [0.3, 0.4) is 0 Å². The fourth-order valence-corrected chi connectivity index (χ4v) is 3.86. The fraction of sp³-hybridized carbons (Fsp3) is 0.350. The molecule has 1 fully saturated rings. The van der Waals surface area contributed by atoms with E-state index < -0.39 is 29.3 Å². The molecule has 2 aromatic rings. The van der Waals surface area contributed by atoms with Crippen LogP contribution in [-0.2, 0) is 14.4 Å². The maximum absolute atomic E-state index is 12.7. The van der Waals surface area contributed by atoms with E-state index in [1.807, 2.05) is 0 Å². The van der Waals surface area contributed by atoms with Crippen LogP contribution < -0.4 is 20.4 Å². The molecule has 3 aliphatic rings. The van der Waals surface area contributed by atoms with Gasteiger partial charge in [-0.1, -0.05) is 11.2 Å². The molecule has 5 rings (SSSR count). The van der Waals surface area contributed by atoms with Crippen LogP contribution in [0, 0.1) is 0 Å². The van der Waals surface area contributed by atoms with Crippen molar-refractivity contribution in [2.75, 3.05) is 19.5 Å². The van der Waals surface area contributed by atoms with Gasteiger partial charge in [0.25, 0.3) is 5.91 Å². The molecule has 2 N–H and O–H groups in total. The van der Waals surface area contributed by atoms with Crippen molar-refractivity contribution in [3.05, 3.63) is 40.8 Å². The number of aliphatic hydroxyl groups is 1. The number of oxime groups is 1. The topological polar surface area (TPSA) is 132 Å². The molecular formula is C20H18N2O8. The fourth-order valence-electron chi connectivity index (χ4n) is 3.86. The lowest BCUT2D eigenvalue weighted by molar-refractivity contribution is -0.119. The Morgan fingerprint density at radius 3 is 2.90 bits per heavy atom. The predicted molar refractivity (Wildman–Crippen MR) is 104 cm³/mol. The maximum atomic E-state index is 12.7. The summed E-state index contributed by atoms with van der Waals surface area (Å²) in [7, 11) is 2.90. The van der Waals surface area contributed by atoms with Gasteiger partial charge in [-0.15, -0.1) is 0 Å². The average molecular weight is 414 g/mol. The number of hydrogen-bond donors (Lipinski definition) is 2. The number of nitrogens with one attached hydrogen (secondary N) is 1. The first kappa shape index (κ1) is 18.6. The monoisotopic (exact) mass is 414 g/mol. The number of benzene rings is 1. The van der Waals surface area contributed by atoms with Crippen molar-refractivity contribution in [2.45, 2.75) is 30.3 Å². The zero-order chi connectivity index (χ0) is 21.0. The number of epoxide rings is 1. The van der Waals surface area contributed by atoms with Crippen molar-refractivity contribution in [2.24, 2.45) is 5.16 Å². The summed E-state index contributed by atoms with van der Waals surface area (Å²) >= 11 is 0. The van der Waals surface area contributed by atoms with E-state index in [1.165, 1.54) is 20.3 Å². The van der Waals surface area contributed by atoms with Crippen LogP contribution in [0.1, 0.15) is 6.42 Å². The number of nitrogens with zero attached hydrogens (tertiary/aromatic N) is 1. The van der Waals surface area contributed by atoms with E-state index in [0.717, 1.165) is 0 Å². The Morgan fingerprint density at radius 2 is 2.13 bits per heavy atom. The summed E-state index contributed by atoms with van der Waals surface area (Å²) in [5.41, 5.74) is -2.10. The lowest BCUT2D eigenvalue weighted by atomic mass is 9.81. The molecule has 0 bridgehead atoms. The average Bonchev–Trinajstić information content (AvgIpc) is 3.54. The van der Waals surface area contributed by atoms with Crippen LogP contribution in [0.25, 0.3) is 11.0 Å². The van der Waals surface area contributed by atoms with Crippen LogP contribution in [0.4, 0.5) is 5.69 Å². The molecule has 1 aliphatic carbocycles. The van der Waals surface area contributed by atoms with Gasteiger partial charge in [-0.05, 0) is 24.3 Å². The van der Waals surface area contributed by atoms with Gasteiger partial charge in [0.1, 0.15) is 29.2 Å². The molecule has 1 aromatic heterocycles. The first-order chi connectivity index (χ1) is 14.4. The van der Waals surface area contributed by atoms with E-state index in [-0.39, 0.29) is 35.3 Å². The number of methoxy groups -OCH3 is 2. The summed E-state index contributed by atoms with van der Waals surface area (Å²) in [6, 6.07) is 4.79. The zero-order valence-electron chi connectivity index (χ0n) is 16.1. The minimum atomic E-state index is -1.38. The normalized spacial score (nSPS) is 28.6. The summed E-state index contributed by atoms with van der Waals surface area (Å²) in [5, 5.41) is 17.7. The molecule has 10 heteroatoms. The molecule has 4 atom stereocenters. The standard InChI is InChI=1S/C20H18N2O8/c1-26-12-4-3-9-7-10(19(24)29-15(9)16(12)27-2)21-18(23)11-8-20(25)14(30-22-11)6-5-13-17(20)28-13/h3-7,13-14,17,25H,8H2,1-2H3,(H,21,23)/t13-,14-,17-,20+/m0/s1. The third kappa shape index (κ3) is 2.76. The Bertz CT molecular complexity index is 1170. The zero-order valence-corrected chi connectivity index (χ0v) is 16.1. The quantitative estimate of drug-likeness (QED) is 0.430. The maximum Gasteiger partial charge on any atom is 0.360 e. The van der Waals surface area contributed by atoms with Crippen molar-refractivity contribution in [3.8, 4) is 11.5 Å². The first-order valence-electron chi connectivity index (χ1n) is 9.23. The highest BCUT2D eigenvalue weighted by atomic mass is 16.7. The number of ether oxygens (including phenoxy) is 3. The largest absolute Gasteiger partial charge is 0.493 e. The van der Waals surface area contributed by atoms with Crippen molar-refractivity contribution in [1.29, 1.82) is 0 Å². The molecule has 1 amide bonds. The molecule has 10 nitrogen and oxygen atoms in total. The number of carbonyl (C=O) groups excluding carboxylic acids is 1. The summed E-state index contributed by atoms with van der Waals surface area (Å²) in [4.78, 5) is 30.4. The third-order valence-electron chi connectivity index (χ3n) is 5.47. The van der Waals surface area contributed by atoms with Crippen molar-refractivity contribution >= 4 is 28.3 Å². The van der Waals surface area contributed by atoms with Gasteiger partial charge in [-0.3, -0.25) is 4.79 Å². The van der Waals surface area contributed by atoms with Gasteiger partial charge in [-0.25, -0.2) is 4.79 Å². The van der Waals surface area contributed by atoms with E-state index in [9.17, 15) is 14.7 Å². The summed E-state index contributed by atoms with van der Waals surface area (Å²) in [6.45, 7) is 0. The van der Waals surface area contributed by atoms with Crippen molar-refractivity contribution < 1.29 is 33.4 Å². The van der Waals surface area contributed by atoms with E-state index in [4.69, 9.17) is 23.5 Å². The SMILES string of the molecule is COc1ccc2cc(NC(=O)C3=NO[C@H]4C=C[C@@H]5O[C@@H]5[C@@]4(O)C3)c(=O)oc2c1OC. The van der Waals surface area contributed by atoms with Gasteiger partial charge in [0.05, 0.1) is 14.2 Å². The Labute approximate surface area is 169 Å². The summed E-state index contributed by atoms with van der Waals surface area (Å²) < 4.78 is 21.2. The molecular weight excluding hydrogens is 396 g/mol. The lowest BCUT2D eigenvalue weighted by Crippen LogP contribution is -2.54. The van der Waals surface area contributed by atoms with Crippen molar-refractivity contribution in [3.63, 3.8) is 0 Å². The molecule has 1 saturated heterocycles. The van der Waals surface area contributed by atoms with Crippen LogP contribution in [-0.4, -0.2) is 54.9 Å². The van der Waals surface area contributed by atoms with E-state index in [0.29, 0.717) is 11.1 Å². The summed E-state index contributed by atoms with van der Waals surface area (Å²) in [5.74, 6) is -0.00281. The molecule has 30 heavy (non-hydrogen) atoms. The molecule has 156 valence electrons. The number of anilines is 1.